The normalized spacial score (nSPS) is 13.8. The van der Waals surface area contributed by atoms with Gasteiger partial charge in [0.15, 0.2) is 0 Å². The molecule has 0 atom stereocenters. The molecule has 0 bridgehead atoms. The maximum absolute atomic E-state index is 12.6. The highest BCUT2D eigenvalue weighted by molar-refractivity contribution is 5.95. The molecule has 0 radical (unpaired) electrons. The van der Waals surface area contributed by atoms with E-state index in [1.807, 2.05) is 30.3 Å². The van der Waals surface area contributed by atoms with Gasteiger partial charge in [0.25, 0.3) is 5.91 Å². The van der Waals surface area contributed by atoms with E-state index in [0.29, 0.717) is 18.1 Å². The fraction of sp³-hybridized carbons (Fsp3) is 0.346. The van der Waals surface area contributed by atoms with Crippen LogP contribution in [0.2, 0.25) is 0 Å². The van der Waals surface area contributed by atoms with E-state index in [0.717, 1.165) is 43.9 Å². The van der Waals surface area contributed by atoms with Crippen LogP contribution in [0, 0.1) is 6.92 Å². The van der Waals surface area contributed by atoms with Gasteiger partial charge in [-0.25, -0.2) is 9.97 Å². The third-order valence-electron chi connectivity index (χ3n) is 5.77. The molecule has 4 rings (SSSR count). The molecular formula is C26H31N5O. The van der Waals surface area contributed by atoms with Crippen LogP contribution in [-0.2, 0) is 6.42 Å². The largest absolute Gasteiger partial charge is 0.354 e. The van der Waals surface area contributed by atoms with Gasteiger partial charge < -0.3 is 15.5 Å². The van der Waals surface area contributed by atoms with Crippen LogP contribution in [0.3, 0.4) is 0 Å². The van der Waals surface area contributed by atoms with Gasteiger partial charge in [0.05, 0.1) is 5.69 Å². The number of amides is 1. The Hall–Kier alpha value is -3.25. The van der Waals surface area contributed by atoms with Gasteiger partial charge in [-0.2, -0.15) is 0 Å². The number of carbonyl (C=O) groups excluding carboxylic acids is 1. The molecule has 1 aliphatic rings. The zero-order valence-electron chi connectivity index (χ0n) is 18.7. The summed E-state index contributed by atoms with van der Waals surface area (Å²) in [6, 6.07) is 18.0. The van der Waals surface area contributed by atoms with Crippen molar-refractivity contribution in [2.45, 2.75) is 26.2 Å². The van der Waals surface area contributed by atoms with E-state index in [2.05, 4.69) is 56.7 Å². The van der Waals surface area contributed by atoms with Crippen LogP contribution in [0.5, 0.6) is 0 Å². The lowest BCUT2D eigenvalue weighted by Gasteiger charge is -2.14. The highest BCUT2D eigenvalue weighted by atomic mass is 16.1. The van der Waals surface area contributed by atoms with Crippen molar-refractivity contribution in [3.8, 4) is 11.3 Å². The molecule has 1 aromatic heterocycles. The lowest BCUT2D eigenvalue weighted by atomic mass is 10.1. The van der Waals surface area contributed by atoms with Crippen LogP contribution in [0.1, 0.15) is 34.3 Å². The SMILES string of the molecule is Cc1cccc(CCNc2nccc(-c3cccc(C(=O)NCCN4CCCC4)c3)n2)c1. The molecule has 1 amide bonds. The first-order chi connectivity index (χ1) is 15.7. The fourth-order valence-electron chi connectivity index (χ4n) is 4.05. The van der Waals surface area contributed by atoms with Gasteiger partial charge in [-0.05, 0) is 63.0 Å². The zero-order chi connectivity index (χ0) is 22.2. The maximum Gasteiger partial charge on any atom is 0.251 e. The second-order valence-corrected chi connectivity index (χ2v) is 8.32. The van der Waals surface area contributed by atoms with Crippen molar-refractivity contribution in [2.24, 2.45) is 0 Å². The second-order valence-electron chi connectivity index (χ2n) is 8.32. The molecule has 0 aliphatic carbocycles. The van der Waals surface area contributed by atoms with Crippen LogP contribution in [0.4, 0.5) is 5.95 Å². The van der Waals surface area contributed by atoms with Crippen LogP contribution in [0.25, 0.3) is 11.3 Å². The molecule has 3 aromatic rings. The standard InChI is InChI=1S/C26H31N5O/c1-20-6-4-7-21(18-20)10-12-28-26-29-13-11-24(30-26)22-8-5-9-23(19-22)25(32)27-14-17-31-15-2-3-16-31/h4-9,11,13,18-19H,2-3,10,12,14-17H2,1H3,(H,27,32)(H,28,29,30). The molecule has 0 saturated carbocycles. The Kier molecular flexibility index (Phi) is 7.46. The van der Waals surface area contributed by atoms with Crippen LogP contribution in [-0.4, -0.2) is 53.5 Å². The minimum absolute atomic E-state index is 0.0448. The van der Waals surface area contributed by atoms with Gasteiger partial charge in [0, 0.05) is 37.0 Å². The molecule has 32 heavy (non-hydrogen) atoms. The highest BCUT2D eigenvalue weighted by Crippen LogP contribution is 2.19. The first-order valence-corrected chi connectivity index (χ1v) is 11.4. The Labute approximate surface area is 190 Å². The predicted octanol–water partition coefficient (Wildman–Crippen LogP) is 3.93. The van der Waals surface area contributed by atoms with E-state index in [4.69, 9.17) is 0 Å². The molecular weight excluding hydrogens is 398 g/mol. The Morgan fingerprint density at radius 2 is 1.88 bits per heavy atom. The lowest BCUT2D eigenvalue weighted by molar-refractivity contribution is 0.0950. The number of nitrogens with one attached hydrogen (secondary N) is 2. The van der Waals surface area contributed by atoms with E-state index in [1.165, 1.54) is 24.0 Å². The Bertz CT molecular complexity index is 1050. The van der Waals surface area contributed by atoms with Crippen molar-refractivity contribution in [1.82, 2.24) is 20.2 Å². The molecule has 2 aromatic carbocycles. The van der Waals surface area contributed by atoms with Crippen molar-refractivity contribution < 1.29 is 4.79 Å². The Balaban J connectivity index is 1.34. The summed E-state index contributed by atoms with van der Waals surface area (Å²) in [5.74, 6) is 0.548. The average Bonchev–Trinajstić information content (AvgIpc) is 3.33. The number of benzene rings is 2. The summed E-state index contributed by atoms with van der Waals surface area (Å²) in [6.45, 7) is 6.72. The second kappa shape index (κ2) is 10.9. The van der Waals surface area contributed by atoms with E-state index in [-0.39, 0.29) is 5.91 Å². The van der Waals surface area contributed by atoms with Crippen LogP contribution in [0.15, 0.2) is 60.8 Å². The number of hydrogen-bond donors (Lipinski definition) is 2. The molecule has 2 N–H and O–H groups in total. The van der Waals surface area contributed by atoms with Gasteiger partial charge >= 0.3 is 0 Å². The number of rotatable bonds is 9. The Morgan fingerprint density at radius 3 is 2.72 bits per heavy atom. The van der Waals surface area contributed by atoms with E-state index >= 15 is 0 Å². The smallest absolute Gasteiger partial charge is 0.251 e. The number of aryl methyl sites for hydroxylation is 1. The van der Waals surface area contributed by atoms with Crippen molar-refractivity contribution in [3.05, 3.63) is 77.5 Å². The summed E-state index contributed by atoms with van der Waals surface area (Å²) < 4.78 is 0. The number of carbonyl (C=O) groups is 1. The van der Waals surface area contributed by atoms with Gasteiger partial charge in [-0.15, -0.1) is 0 Å². The molecule has 1 aliphatic heterocycles. The average molecular weight is 430 g/mol. The number of hydrogen-bond acceptors (Lipinski definition) is 5. The number of aromatic nitrogens is 2. The minimum Gasteiger partial charge on any atom is -0.354 e. The topological polar surface area (TPSA) is 70.2 Å². The van der Waals surface area contributed by atoms with E-state index in [9.17, 15) is 4.79 Å². The third kappa shape index (κ3) is 6.14. The summed E-state index contributed by atoms with van der Waals surface area (Å²) in [4.78, 5) is 24.0. The highest BCUT2D eigenvalue weighted by Gasteiger charge is 2.12. The first-order valence-electron chi connectivity index (χ1n) is 11.4. The molecule has 6 nitrogen and oxygen atoms in total. The van der Waals surface area contributed by atoms with Crippen molar-refractivity contribution in [1.29, 1.82) is 0 Å². The van der Waals surface area contributed by atoms with Crippen LogP contribution >= 0.6 is 0 Å². The van der Waals surface area contributed by atoms with Crippen molar-refractivity contribution in [2.75, 3.05) is 38.0 Å². The molecule has 1 fully saturated rings. The summed E-state index contributed by atoms with van der Waals surface area (Å²) >= 11 is 0. The summed E-state index contributed by atoms with van der Waals surface area (Å²) in [5.41, 5.74) is 4.90. The summed E-state index contributed by atoms with van der Waals surface area (Å²) in [7, 11) is 0. The van der Waals surface area contributed by atoms with Gasteiger partial charge in [-0.1, -0.05) is 42.0 Å². The number of nitrogens with zero attached hydrogens (tertiary/aromatic N) is 3. The predicted molar refractivity (Wildman–Crippen MR) is 129 cm³/mol. The van der Waals surface area contributed by atoms with Crippen molar-refractivity contribution >= 4 is 11.9 Å². The zero-order valence-corrected chi connectivity index (χ0v) is 18.7. The molecule has 1 saturated heterocycles. The van der Waals surface area contributed by atoms with E-state index < -0.39 is 0 Å². The molecule has 0 spiro atoms. The Morgan fingerprint density at radius 1 is 1.03 bits per heavy atom. The quantitative estimate of drug-likeness (QED) is 0.539. The summed E-state index contributed by atoms with van der Waals surface area (Å²) in [5, 5.41) is 6.35. The van der Waals surface area contributed by atoms with Crippen molar-refractivity contribution in [3.63, 3.8) is 0 Å². The molecule has 2 heterocycles. The maximum atomic E-state index is 12.6. The van der Waals surface area contributed by atoms with Gasteiger partial charge in [0.1, 0.15) is 0 Å². The first kappa shape index (κ1) is 22.0. The third-order valence-corrected chi connectivity index (χ3v) is 5.77. The number of anilines is 1. The monoisotopic (exact) mass is 429 g/mol. The number of likely N-dealkylation sites (tertiary alicyclic amines) is 1. The molecule has 166 valence electrons. The molecule has 6 heteroatoms. The fourth-order valence-corrected chi connectivity index (χ4v) is 4.05. The summed E-state index contributed by atoms with van der Waals surface area (Å²) in [6.07, 6.45) is 5.18. The minimum atomic E-state index is -0.0448. The van der Waals surface area contributed by atoms with Gasteiger partial charge in [-0.3, -0.25) is 4.79 Å². The molecule has 0 unspecified atom stereocenters. The van der Waals surface area contributed by atoms with Crippen LogP contribution < -0.4 is 10.6 Å². The van der Waals surface area contributed by atoms with Gasteiger partial charge in [0.2, 0.25) is 5.95 Å². The lowest BCUT2D eigenvalue weighted by Crippen LogP contribution is -2.33. The van der Waals surface area contributed by atoms with E-state index in [1.54, 1.807) is 6.20 Å².